The van der Waals surface area contributed by atoms with Crippen LogP contribution < -0.4 is 5.32 Å². The first-order chi connectivity index (χ1) is 12.5. The molecule has 4 rings (SSSR count). The lowest BCUT2D eigenvalue weighted by atomic mass is 9.78. The molecule has 1 aliphatic heterocycles. The Bertz CT molecular complexity index is 852. The number of anilines is 1. The summed E-state index contributed by atoms with van der Waals surface area (Å²) in [6, 6.07) is 1.96. The van der Waals surface area contributed by atoms with E-state index in [1.807, 2.05) is 0 Å². The van der Waals surface area contributed by atoms with Gasteiger partial charge >= 0.3 is 0 Å². The Morgan fingerprint density at radius 1 is 1.23 bits per heavy atom. The zero-order chi connectivity index (χ0) is 18.4. The van der Waals surface area contributed by atoms with E-state index >= 15 is 0 Å². The second-order valence-electron chi connectivity index (χ2n) is 6.84. The Morgan fingerprint density at radius 3 is 2.38 bits per heavy atom. The summed E-state index contributed by atoms with van der Waals surface area (Å²) in [7, 11) is 1.66. The summed E-state index contributed by atoms with van der Waals surface area (Å²) < 4.78 is 42.3. The number of hydrogen-bond donors (Lipinski definition) is 1. The van der Waals surface area contributed by atoms with Crippen LogP contribution in [0.2, 0.25) is 0 Å². The van der Waals surface area contributed by atoms with Gasteiger partial charge in [0, 0.05) is 29.7 Å². The van der Waals surface area contributed by atoms with Crippen molar-refractivity contribution < 1.29 is 18.0 Å². The van der Waals surface area contributed by atoms with Gasteiger partial charge in [0.2, 0.25) is 5.91 Å². The highest BCUT2D eigenvalue weighted by Crippen LogP contribution is 2.45. The minimum absolute atomic E-state index is 0.0274. The van der Waals surface area contributed by atoms with Crippen molar-refractivity contribution in [3.63, 3.8) is 0 Å². The monoisotopic (exact) mass is 381 g/mol. The largest absolute Gasteiger partial charge is 0.309 e. The topological polar surface area (TPSA) is 46.9 Å². The molecule has 1 amide bonds. The zero-order valence-electron chi connectivity index (χ0n) is 14.2. The molecule has 2 heterocycles. The standard InChI is InChI=1S/C18H18F3N3OS/c1-24-16(10-5-12(19)15(21)13(20)6-10)14(9-3-2-4-9)17(23-24)22-18(25)11-7-26-8-11/h5-6,9,11H,2-4,7-8H2,1H3,(H,22,23,25). The molecule has 1 saturated carbocycles. The molecule has 1 aromatic carbocycles. The summed E-state index contributed by atoms with van der Waals surface area (Å²) in [5.41, 5.74) is 1.52. The van der Waals surface area contributed by atoms with Crippen molar-refractivity contribution in [2.75, 3.05) is 16.8 Å². The lowest BCUT2D eigenvalue weighted by Gasteiger charge is -2.28. The minimum atomic E-state index is -1.49. The van der Waals surface area contributed by atoms with Gasteiger partial charge in [-0.15, -0.1) is 0 Å². The molecule has 4 nitrogen and oxygen atoms in total. The molecule has 138 valence electrons. The highest BCUT2D eigenvalue weighted by atomic mass is 32.2. The van der Waals surface area contributed by atoms with Crippen molar-refractivity contribution in [2.45, 2.75) is 25.2 Å². The van der Waals surface area contributed by atoms with Crippen LogP contribution in [0.5, 0.6) is 0 Å². The van der Waals surface area contributed by atoms with Gasteiger partial charge in [-0.25, -0.2) is 13.2 Å². The predicted octanol–water partition coefficient (Wildman–Crippen LogP) is 4.07. The lowest BCUT2D eigenvalue weighted by molar-refractivity contribution is -0.118. The average molecular weight is 381 g/mol. The first-order valence-electron chi connectivity index (χ1n) is 8.56. The van der Waals surface area contributed by atoms with Crippen molar-refractivity contribution >= 4 is 23.5 Å². The number of nitrogens with one attached hydrogen (secondary N) is 1. The van der Waals surface area contributed by atoms with Crippen LogP contribution in [-0.2, 0) is 11.8 Å². The predicted molar refractivity (Wildman–Crippen MR) is 94.6 cm³/mol. The number of amides is 1. The number of aromatic nitrogens is 2. The van der Waals surface area contributed by atoms with Crippen LogP contribution >= 0.6 is 11.8 Å². The first kappa shape index (κ1) is 17.5. The quantitative estimate of drug-likeness (QED) is 0.812. The summed E-state index contributed by atoms with van der Waals surface area (Å²) >= 11 is 1.71. The summed E-state index contributed by atoms with van der Waals surface area (Å²) in [4.78, 5) is 12.3. The third-order valence-electron chi connectivity index (χ3n) is 5.10. The second-order valence-corrected chi connectivity index (χ2v) is 7.91. The van der Waals surface area contributed by atoms with Crippen LogP contribution in [0.4, 0.5) is 19.0 Å². The smallest absolute Gasteiger partial charge is 0.230 e. The van der Waals surface area contributed by atoms with Crippen molar-refractivity contribution in [1.29, 1.82) is 0 Å². The Balaban J connectivity index is 1.77. The number of carbonyl (C=O) groups excluding carboxylic acids is 1. The number of aryl methyl sites for hydroxylation is 1. The van der Waals surface area contributed by atoms with Gasteiger partial charge in [-0.1, -0.05) is 6.42 Å². The number of thioether (sulfide) groups is 1. The van der Waals surface area contributed by atoms with Crippen LogP contribution in [0.15, 0.2) is 12.1 Å². The maximum absolute atomic E-state index is 13.7. The molecule has 0 atom stereocenters. The third-order valence-corrected chi connectivity index (χ3v) is 6.38. The molecule has 0 bridgehead atoms. The van der Waals surface area contributed by atoms with Crippen LogP contribution in [0, 0.1) is 23.4 Å². The maximum atomic E-state index is 13.7. The van der Waals surface area contributed by atoms with Gasteiger partial charge in [0.05, 0.1) is 11.6 Å². The van der Waals surface area contributed by atoms with E-state index in [0.29, 0.717) is 11.5 Å². The zero-order valence-corrected chi connectivity index (χ0v) is 15.0. The fourth-order valence-corrected chi connectivity index (χ4v) is 4.13. The van der Waals surface area contributed by atoms with Gasteiger partial charge in [0.25, 0.3) is 0 Å². The molecule has 0 unspecified atom stereocenters. The van der Waals surface area contributed by atoms with E-state index in [-0.39, 0.29) is 23.3 Å². The van der Waals surface area contributed by atoms with Crippen molar-refractivity contribution in [1.82, 2.24) is 9.78 Å². The second kappa shape index (κ2) is 6.64. The number of benzene rings is 1. The van der Waals surface area contributed by atoms with Gasteiger partial charge in [0.1, 0.15) is 0 Å². The van der Waals surface area contributed by atoms with Crippen molar-refractivity contribution in [2.24, 2.45) is 13.0 Å². The fraction of sp³-hybridized carbons (Fsp3) is 0.444. The fourth-order valence-electron chi connectivity index (χ4n) is 3.36. The van der Waals surface area contributed by atoms with Gasteiger partial charge < -0.3 is 5.32 Å². The van der Waals surface area contributed by atoms with Gasteiger partial charge in [0.15, 0.2) is 23.3 Å². The van der Waals surface area contributed by atoms with E-state index in [2.05, 4.69) is 10.4 Å². The average Bonchev–Trinajstić information content (AvgIpc) is 2.77. The number of hydrogen-bond acceptors (Lipinski definition) is 3. The molecule has 1 N–H and O–H groups in total. The van der Waals surface area contributed by atoms with Crippen LogP contribution in [0.3, 0.4) is 0 Å². The highest BCUT2D eigenvalue weighted by molar-refractivity contribution is 8.00. The van der Waals surface area contributed by atoms with Crippen LogP contribution in [-0.4, -0.2) is 27.2 Å². The number of halogens is 3. The summed E-state index contributed by atoms with van der Waals surface area (Å²) in [5, 5.41) is 7.28. The van der Waals surface area contributed by atoms with E-state index in [1.165, 1.54) is 4.68 Å². The van der Waals surface area contributed by atoms with Crippen LogP contribution in [0.25, 0.3) is 11.3 Å². The summed E-state index contributed by atoms with van der Waals surface area (Å²) in [5.74, 6) is -1.88. The van der Waals surface area contributed by atoms with E-state index in [4.69, 9.17) is 0 Å². The molecule has 8 heteroatoms. The Hall–Kier alpha value is -1.96. The summed E-state index contributed by atoms with van der Waals surface area (Å²) in [6.07, 6.45) is 2.90. The van der Waals surface area contributed by atoms with Crippen molar-refractivity contribution in [3.8, 4) is 11.3 Å². The normalized spacial score (nSPS) is 17.7. The Labute approximate surface area is 153 Å². The number of rotatable bonds is 4. The summed E-state index contributed by atoms with van der Waals surface area (Å²) in [6.45, 7) is 0. The van der Waals surface area contributed by atoms with E-state index in [0.717, 1.165) is 48.5 Å². The maximum Gasteiger partial charge on any atom is 0.230 e. The SMILES string of the molecule is Cn1nc(NC(=O)C2CSC2)c(C2CCC2)c1-c1cc(F)c(F)c(F)c1. The molecular weight excluding hydrogens is 363 g/mol. The van der Waals surface area contributed by atoms with E-state index in [9.17, 15) is 18.0 Å². The molecular formula is C18H18F3N3OS. The molecule has 2 fully saturated rings. The molecule has 1 aliphatic carbocycles. The van der Waals surface area contributed by atoms with Gasteiger partial charge in [-0.3, -0.25) is 9.48 Å². The molecule has 0 radical (unpaired) electrons. The molecule has 2 aromatic rings. The van der Waals surface area contributed by atoms with E-state index < -0.39 is 17.5 Å². The number of nitrogens with zero attached hydrogens (tertiary/aromatic N) is 2. The van der Waals surface area contributed by atoms with Crippen LogP contribution in [0.1, 0.15) is 30.7 Å². The minimum Gasteiger partial charge on any atom is -0.309 e. The molecule has 1 aromatic heterocycles. The first-order valence-corrected chi connectivity index (χ1v) is 9.71. The Kier molecular flexibility index (Phi) is 4.46. The highest BCUT2D eigenvalue weighted by Gasteiger charge is 2.33. The number of carbonyl (C=O) groups is 1. The molecule has 2 aliphatic rings. The third kappa shape index (κ3) is 2.90. The van der Waals surface area contributed by atoms with E-state index in [1.54, 1.807) is 18.8 Å². The molecule has 0 spiro atoms. The Morgan fingerprint density at radius 2 is 1.88 bits per heavy atom. The van der Waals surface area contributed by atoms with Crippen molar-refractivity contribution in [3.05, 3.63) is 35.1 Å². The van der Waals surface area contributed by atoms with Gasteiger partial charge in [-0.2, -0.15) is 16.9 Å². The molecule has 1 saturated heterocycles. The molecule has 26 heavy (non-hydrogen) atoms. The lowest BCUT2D eigenvalue weighted by Crippen LogP contribution is -2.33. The van der Waals surface area contributed by atoms with Gasteiger partial charge in [-0.05, 0) is 30.9 Å².